The zero-order chi connectivity index (χ0) is 26.2. The van der Waals surface area contributed by atoms with Crippen LogP contribution in [0.5, 0.6) is 17.2 Å². The normalized spacial score (nSPS) is 17.3. The quantitative estimate of drug-likeness (QED) is 0.413. The Kier molecular flexibility index (Phi) is 9.51. The van der Waals surface area contributed by atoms with Crippen LogP contribution < -0.4 is 14.2 Å². The van der Waals surface area contributed by atoms with Crippen LogP contribution in [0.25, 0.3) is 0 Å². The third-order valence-corrected chi connectivity index (χ3v) is 6.22. The second-order valence-electron chi connectivity index (χ2n) is 8.33. The van der Waals surface area contributed by atoms with E-state index in [9.17, 15) is 24.9 Å². The lowest BCUT2D eigenvalue weighted by atomic mass is 9.94. The highest BCUT2D eigenvalue weighted by molar-refractivity contribution is 5.94. The number of aliphatic hydroxyl groups is 3. The Hall–Kier alpha value is -3.34. The van der Waals surface area contributed by atoms with E-state index < -0.39 is 30.8 Å². The van der Waals surface area contributed by atoms with Crippen LogP contribution in [0.2, 0.25) is 0 Å². The van der Waals surface area contributed by atoms with Gasteiger partial charge in [-0.15, -0.1) is 0 Å². The Bertz CT molecular complexity index is 995. The molecule has 1 fully saturated rings. The number of hydrogen-bond donors (Lipinski definition) is 3. The minimum atomic E-state index is -0.702. The van der Waals surface area contributed by atoms with Crippen molar-refractivity contribution in [2.75, 3.05) is 21.3 Å². The first-order chi connectivity index (χ1) is 17.4. The fourth-order valence-electron chi connectivity index (χ4n) is 4.29. The van der Waals surface area contributed by atoms with Crippen molar-refractivity contribution in [3.05, 3.63) is 52.1 Å². The Morgan fingerprint density at radius 3 is 1.64 bits per heavy atom. The van der Waals surface area contributed by atoms with Gasteiger partial charge in [0.2, 0.25) is 0 Å². The second-order valence-corrected chi connectivity index (χ2v) is 8.33. The minimum Gasteiger partial charge on any atom is -0.496 e. The van der Waals surface area contributed by atoms with Crippen LogP contribution in [0.15, 0.2) is 24.3 Å². The Labute approximate surface area is 209 Å². The maximum absolute atomic E-state index is 13.1. The predicted octanol–water partition coefficient (Wildman–Crippen LogP) is 2.51. The highest BCUT2D eigenvalue weighted by Gasteiger charge is 2.33. The number of esters is 2. The van der Waals surface area contributed by atoms with Gasteiger partial charge in [0.05, 0.1) is 46.7 Å². The summed E-state index contributed by atoms with van der Waals surface area (Å²) in [6, 6.07) is 5.86. The Balaban J connectivity index is 1.82. The lowest BCUT2D eigenvalue weighted by Gasteiger charge is -2.31. The molecule has 2 aromatic rings. The number of hydrogen-bond acceptors (Lipinski definition) is 10. The highest BCUT2D eigenvalue weighted by atomic mass is 16.6. The number of methoxy groups -OCH3 is 3. The van der Waals surface area contributed by atoms with E-state index in [1.165, 1.54) is 45.6 Å². The third-order valence-electron chi connectivity index (χ3n) is 6.22. The molecule has 2 atom stereocenters. The molecule has 3 N–H and O–H groups in total. The summed E-state index contributed by atoms with van der Waals surface area (Å²) in [6.07, 6.45) is 1.16. The molecule has 10 heteroatoms. The first-order valence-electron chi connectivity index (χ1n) is 11.6. The van der Waals surface area contributed by atoms with E-state index in [0.717, 1.165) is 12.8 Å². The summed E-state index contributed by atoms with van der Waals surface area (Å²) in [6.45, 7) is -1.10. The van der Waals surface area contributed by atoms with Crippen molar-refractivity contribution >= 4 is 11.9 Å². The Morgan fingerprint density at radius 2 is 1.14 bits per heavy atom. The van der Waals surface area contributed by atoms with Crippen LogP contribution >= 0.6 is 0 Å². The summed E-state index contributed by atoms with van der Waals surface area (Å²) in [7, 11) is 4.26. The van der Waals surface area contributed by atoms with Crippen molar-refractivity contribution in [3.8, 4) is 17.2 Å². The summed E-state index contributed by atoms with van der Waals surface area (Å²) in [4.78, 5) is 26.1. The van der Waals surface area contributed by atoms with Gasteiger partial charge in [0, 0.05) is 17.2 Å². The van der Waals surface area contributed by atoms with Gasteiger partial charge < -0.3 is 39.0 Å². The first-order valence-corrected chi connectivity index (χ1v) is 11.6. The van der Waals surface area contributed by atoms with E-state index in [0.29, 0.717) is 35.5 Å². The molecule has 2 aromatic carbocycles. The van der Waals surface area contributed by atoms with Crippen LogP contribution in [-0.4, -0.2) is 60.8 Å². The van der Waals surface area contributed by atoms with E-state index in [-0.39, 0.29) is 35.7 Å². The zero-order valence-electron chi connectivity index (χ0n) is 20.6. The van der Waals surface area contributed by atoms with E-state index in [1.807, 2.05) is 0 Å². The summed E-state index contributed by atoms with van der Waals surface area (Å²) < 4.78 is 27.3. The van der Waals surface area contributed by atoms with E-state index in [1.54, 1.807) is 0 Å². The number of benzene rings is 2. The van der Waals surface area contributed by atoms with Crippen molar-refractivity contribution in [3.63, 3.8) is 0 Å². The number of carbonyl (C=O) groups excluding carboxylic acids is 2. The van der Waals surface area contributed by atoms with Crippen molar-refractivity contribution in [2.45, 2.75) is 57.7 Å². The molecule has 0 amide bonds. The smallest absolute Gasteiger partial charge is 0.342 e. The van der Waals surface area contributed by atoms with Crippen molar-refractivity contribution < 1.29 is 48.6 Å². The molecule has 0 aromatic heterocycles. The third kappa shape index (κ3) is 5.89. The highest BCUT2D eigenvalue weighted by Crippen LogP contribution is 2.32. The molecule has 0 spiro atoms. The maximum atomic E-state index is 13.1. The molecule has 2 unspecified atom stereocenters. The van der Waals surface area contributed by atoms with Gasteiger partial charge in [-0.05, 0) is 49.4 Å². The fraction of sp³-hybridized carbons (Fsp3) is 0.462. The molecule has 0 saturated heterocycles. The molecule has 1 aliphatic rings. The van der Waals surface area contributed by atoms with Crippen LogP contribution in [0, 0.1) is 0 Å². The van der Waals surface area contributed by atoms with Gasteiger partial charge in [0.1, 0.15) is 35.0 Å². The standard InChI is InChI=1S/C26H32O10/c1-32-22-10-18(15(12-27)8-16(22)13-28)25(30)35-20-6-4-5-7-21(20)36-26(31)19-9-17(14-29)23(33-2)11-24(19)34-3/h8-11,20-21,27-29H,4-7,12-14H2,1-3H3. The molecule has 0 aliphatic heterocycles. The molecular weight excluding hydrogens is 472 g/mol. The van der Waals surface area contributed by atoms with Crippen molar-refractivity contribution in [1.82, 2.24) is 0 Å². The molecule has 3 rings (SSSR count). The molecule has 0 heterocycles. The predicted molar refractivity (Wildman–Crippen MR) is 127 cm³/mol. The molecule has 36 heavy (non-hydrogen) atoms. The summed E-state index contributed by atoms with van der Waals surface area (Å²) in [5, 5.41) is 28.9. The van der Waals surface area contributed by atoms with Crippen LogP contribution in [0.4, 0.5) is 0 Å². The molecular formula is C26H32O10. The SMILES string of the molecule is COc1cc(OC)c(C(=O)OC2CCCCC2OC(=O)c2cc(OC)c(CO)cc2CO)cc1CO. The maximum Gasteiger partial charge on any atom is 0.342 e. The first kappa shape index (κ1) is 27.3. The van der Waals surface area contributed by atoms with Crippen molar-refractivity contribution in [1.29, 1.82) is 0 Å². The molecule has 196 valence electrons. The van der Waals surface area contributed by atoms with E-state index in [4.69, 9.17) is 23.7 Å². The van der Waals surface area contributed by atoms with Crippen LogP contribution in [-0.2, 0) is 29.3 Å². The van der Waals surface area contributed by atoms with Gasteiger partial charge in [-0.3, -0.25) is 0 Å². The molecule has 1 saturated carbocycles. The summed E-state index contributed by atoms with van der Waals surface area (Å²) >= 11 is 0. The van der Waals surface area contributed by atoms with Gasteiger partial charge in [-0.1, -0.05) is 0 Å². The second kappa shape index (κ2) is 12.6. The topological polar surface area (TPSA) is 141 Å². The molecule has 10 nitrogen and oxygen atoms in total. The number of rotatable bonds is 10. The summed E-state index contributed by atoms with van der Waals surface area (Å²) in [5.74, 6) is -0.485. The van der Waals surface area contributed by atoms with Gasteiger partial charge in [-0.25, -0.2) is 9.59 Å². The van der Waals surface area contributed by atoms with Crippen molar-refractivity contribution in [2.24, 2.45) is 0 Å². The number of aliphatic hydroxyl groups excluding tert-OH is 3. The number of carbonyl (C=O) groups is 2. The van der Waals surface area contributed by atoms with Gasteiger partial charge in [-0.2, -0.15) is 0 Å². The van der Waals surface area contributed by atoms with Crippen LogP contribution in [0.3, 0.4) is 0 Å². The zero-order valence-corrected chi connectivity index (χ0v) is 20.6. The van der Waals surface area contributed by atoms with Gasteiger partial charge in [0.25, 0.3) is 0 Å². The fourth-order valence-corrected chi connectivity index (χ4v) is 4.29. The van der Waals surface area contributed by atoms with E-state index >= 15 is 0 Å². The van der Waals surface area contributed by atoms with Crippen LogP contribution in [0.1, 0.15) is 63.1 Å². The Morgan fingerprint density at radius 1 is 0.667 bits per heavy atom. The van der Waals surface area contributed by atoms with Gasteiger partial charge in [0.15, 0.2) is 0 Å². The summed E-state index contributed by atoms with van der Waals surface area (Å²) in [5.41, 5.74) is 1.33. The average Bonchev–Trinajstić information content (AvgIpc) is 2.92. The molecule has 0 radical (unpaired) electrons. The number of ether oxygens (including phenoxy) is 5. The monoisotopic (exact) mass is 504 g/mol. The molecule has 1 aliphatic carbocycles. The lowest BCUT2D eigenvalue weighted by Crippen LogP contribution is -2.38. The minimum absolute atomic E-state index is 0.103. The average molecular weight is 505 g/mol. The van der Waals surface area contributed by atoms with Gasteiger partial charge >= 0.3 is 11.9 Å². The lowest BCUT2D eigenvalue weighted by molar-refractivity contribution is -0.0516. The molecule has 0 bridgehead atoms. The van der Waals surface area contributed by atoms with E-state index in [2.05, 4.69) is 0 Å². The largest absolute Gasteiger partial charge is 0.496 e.